The first-order chi connectivity index (χ1) is 9.52. The van der Waals surface area contributed by atoms with Crippen LogP contribution < -0.4 is 0 Å². The van der Waals surface area contributed by atoms with Crippen molar-refractivity contribution in [3.63, 3.8) is 0 Å². The molecule has 2 nitrogen and oxygen atoms in total. The highest BCUT2D eigenvalue weighted by molar-refractivity contribution is 6.50. The second kappa shape index (κ2) is 7.17. The maximum atomic E-state index is 9.92. The molecule has 0 bridgehead atoms. The van der Waals surface area contributed by atoms with Crippen LogP contribution in [-0.4, -0.2) is 28.3 Å². The first-order valence-corrected chi connectivity index (χ1v) is 8.95. The maximum Gasteiger partial charge on any atom is 0.147 e. The molecule has 2 saturated carbocycles. The number of alkyl halides is 2. The lowest BCUT2D eigenvalue weighted by atomic mass is 9.68. The third-order valence-electron chi connectivity index (χ3n) is 5.29. The van der Waals surface area contributed by atoms with E-state index in [9.17, 15) is 5.11 Å². The summed E-state index contributed by atoms with van der Waals surface area (Å²) in [7, 11) is 0. The van der Waals surface area contributed by atoms with Gasteiger partial charge < -0.3 is 9.84 Å². The van der Waals surface area contributed by atoms with Crippen molar-refractivity contribution in [2.24, 2.45) is 17.8 Å². The summed E-state index contributed by atoms with van der Waals surface area (Å²) in [5, 5.41) is 9.92. The second-order valence-electron chi connectivity index (χ2n) is 6.42. The Morgan fingerprint density at radius 3 is 2.65 bits per heavy atom. The molecule has 0 saturated heterocycles. The van der Waals surface area contributed by atoms with Crippen molar-refractivity contribution < 1.29 is 9.84 Å². The summed E-state index contributed by atoms with van der Waals surface area (Å²) in [5.41, 5.74) is 0. The summed E-state index contributed by atoms with van der Waals surface area (Å²) >= 11 is 12.5. The smallest absolute Gasteiger partial charge is 0.147 e. The Labute approximate surface area is 133 Å². The largest absolute Gasteiger partial charge is 0.390 e. The molecule has 2 fully saturated rings. The molecule has 0 heterocycles. The number of unbranched alkanes of at least 4 members (excludes halogenated alkanes) is 1. The van der Waals surface area contributed by atoms with Gasteiger partial charge in [0.25, 0.3) is 0 Å². The van der Waals surface area contributed by atoms with Crippen LogP contribution in [0.2, 0.25) is 0 Å². The molecule has 5 atom stereocenters. The zero-order chi connectivity index (χ0) is 14.8. The van der Waals surface area contributed by atoms with Gasteiger partial charge in [-0.05, 0) is 44.4 Å². The van der Waals surface area contributed by atoms with Crippen LogP contribution in [0.25, 0.3) is 0 Å². The number of aliphatic hydroxyl groups excluding tert-OH is 1. The summed E-state index contributed by atoms with van der Waals surface area (Å²) in [6.07, 6.45) is 8.05. The first kappa shape index (κ1) is 16.9. The van der Waals surface area contributed by atoms with Crippen molar-refractivity contribution >= 4 is 23.2 Å². The van der Waals surface area contributed by atoms with Crippen LogP contribution in [0.5, 0.6) is 0 Å². The molecule has 4 heteroatoms. The predicted octanol–water partition coefficient (Wildman–Crippen LogP) is 4.55. The van der Waals surface area contributed by atoms with Crippen LogP contribution in [0.15, 0.2) is 0 Å². The highest BCUT2D eigenvalue weighted by Crippen LogP contribution is 2.62. The first-order valence-electron chi connectivity index (χ1n) is 8.19. The van der Waals surface area contributed by atoms with Crippen LogP contribution in [0.4, 0.5) is 0 Å². The van der Waals surface area contributed by atoms with E-state index in [1.807, 2.05) is 0 Å². The SMILES string of the molecule is CCOC(CC)CCCCC1CCC2C(O)C(Cl)(Cl)C12. The molecule has 0 spiro atoms. The molecular formula is C16H28Cl2O2. The molecule has 0 radical (unpaired) electrons. The van der Waals surface area contributed by atoms with Gasteiger partial charge in [-0.25, -0.2) is 0 Å². The fourth-order valence-electron chi connectivity index (χ4n) is 4.18. The molecule has 20 heavy (non-hydrogen) atoms. The summed E-state index contributed by atoms with van der Waals surface area (Å²) in [5.74, 6) is 1.27. The average molecular weight is 323 g/mol. The van der Waals surface area contributed by atoms with Gasteiger partial charge in [0.1, 0.15) is 4.33 Å². The monoisotopic (exact) mass is 322 g/mol. The van der Waals surface area contributed by atoms with Crippen molar-refractivity contribution in [2.75, 3.05) is 6.61 Å². The van der Waals surface area contributed by atoms with E-state index >= 15 is 0 Å². The molecule has 118 valence electrons. The molecule has 0 aliphatic heterocycles. The third kappa shape index (κ3) is 3.29. The van der Waals surface area contributed by atoms with Crippen LogP contribution in [0.3, 0.4) is 0 Å². The highest BCUT2D eigenvalue weighted by atomic mass is 35.5. The molecule has 5 unspecified atom stereocenters. The molecule has 0 amide bonds. The minimum Gasteiger partial charge on any atom is -0.390 e. The van der Waals surface area contributed by atoms with Gasteiger partial charge >= 0.3 is 0 Å². The van der Waals surface area contributed by atoms with Gasteiger partial charge in [-0.2, -0.15) is 0 Å². The van der Waals surface area contributed by atoms with Crippen molar-refractivity contribution in [3.8, 4) is 0 Å². The number of halogens is 2. The molecule has 0 aromatic heterocycles. The standard InChI is InChI=1S/C16H28Cl2O2/c1-3-12(20-4-2)8-6-5-7-11-9-10-13-14(11)16(17,18)15(13)19/h11-15,19H,3-10H2,1-2H3. The Hall–Kier alpha value is 0.500. The topological polar surface area (TPSA) is 29.5 Å². The molecule has 0 aromatic carbocycles. The van der Waals surface area contributed by atoms with E-state index in [1.165, 1.54) is 25.7 Å². The Balaban J connectivity index is 1.68. The molecule has 0 aromatic rings. The molecule has 2 aliphatic rings. The van der Waals surface area contributed by atoms with E-state index in [0.29, 0.717) is 23.9 Å². The van der Waals surface area contributed by atoms with Crippen molar-refractivity contribution in [2.45, 2.75) is 75.3 Å². The average Bonchev–Trinajstić information content (AvgIpc) is 2.84. The van der Waals surface area contributed by atoms with Gasteiger partial charge in [0.05, 0.1) is 12.2 Å². The van der Waals surface area contributed by atoms with Gasteiger partial charge in [0, 0.05) is 12.5 Å². The number of hydrogen-bond acceptors (Lipinski definition) is 2. The number of hydrogen-bond donors (Lipinski definition) is 1. The molecular weight excluding hydrogens is 295 g/mol. The Bertz CT molecular complexity index is 309. The predicted molar refractivity (Wildman–Crippen MR) is 84.3 cm³/mol. The fraction of sp³-hybridized carbons (Fsp3) is 1.00. The lowest BCUT2D eigenvalue weighted by molar-refractivity contribution is -0.0432. The Morgan fingerprint density at radius 1 is 1.25 bits per heavy atom. The van der Waals surface area contributed by atoms with Crippen LogP contribution in [-0.2, 0) is 4.74 Å². The number of rotatable bonds is 8. The molecule has 1 N–H and O–H groups in total. The lowest BCUT2D eigenvalue weighted by Gasteiger charge is -2.50. The van der Waals surface area contributed by atoms with Gasteiger partial charge in [-0.15, -0.1) is 0 Å². The quantitative estimate of drug-likeness (QED) is 0.524. The lowest BCUT2D eigenvalue weighted by Crippen LogP contribution is -2.59. The summed E-state index contributed by atoms with van der Waals surface area (Å²) < 4.78 is 4.80. The summed E-state index contributed by atoms with van der Waals surface area (Å²) in [6, 6.07) is 0. The number of ether oxygens (including phenoxy) is 1. The van der Waals surface area contributed by atoms with Crippen molar-refractivity contribution in [3.05, 3.63) is 0 Å². The summed E-state index contributed by atoms with van der Waals surface area (Å²) in [4.78, 5) is 0. The minimum atomic E-state index is -0.886. The molecule has 2 aliphatic carbocycles. The van der Waals surface area contributed by atoms with Gasteiger partial charge in [0.15, 0.2) is 0 Å². The van der Waals surface area contributed by atoms with E-state index in [0.717, 1.165) is 25.9 Å². The second-order valence-corrected chi connectivity index (χ2v) is 7.86. The fourth-order valence-corrected chi connectivity index (χ4v) is 5.18. The van der Waals surface area contributed by atoms with Gasteiger partial charge in [0.2, 0.25) is 0 Å². The number of aliphatic hydroxyl groups is 1. The minimum absolute atomic E-state index is 0.315. The maximum absolute atomic E-state index is 9.92. The van der Waals surface area contributed by atoms with E-state index in [4.69, 9.17) is 27.9 Å². The van der Waals surface area contributed by atoms with Gasteiger partial charge in [-0.3, -0.25) is 0 Å². The normalized spacial score (nSPS) is 36.5. The van der Waals surface area contributed by atoms with Gasteiger partial charge in [-0.1, -0.05) is 49.4 Å². The van der Waals surface area contributed by atoms with Crippen molar-refractivity contribution in [1.29, 1.82) is 0 Å². The van der Waals surface area contributed by atoms with Crippen molar-refractivity contribution in [1.82, 2.24) is 0 Å². The van der Waals surface area contributed by atoms with Crippen LogP contribution in [0.1, 0.15) is 58.8 Å². The van der Waals surface area contributed by atoms with Crippen LogP contribution >= 0.6 is 23.2 Å². The number of fused-ring (bicyclic) bond motifs is 1. The zero-order valence-corrected chi connectivity index (χ0v) is 14.2. The van der Waals surface area contributed by atoms with Crippen LogP contribution in [0, 0.1) is 17.8 Å². The van der Waals surface area contributed by atoms with E-state index in [2.05, 4.69) is 13.8 Å². The molecule has 2 rings (SSSR count). The third-order valence-corrected chi connectivity index (χ3v) is 6.24. The Kier molecular flexibility index (Phi) is 6.05. The van der Waals surface area contributed by atoms with E-state index in [-0.39, 0.29) is 0 Å². The van der Waals surface area contributed by atoms with E-state index < -0.39 is 10.4 Å². The van der Waals surface area contributed by atoms with E-state index in [1.54, 1.807) is 0 Å². The Morgan fingerprint density at radius 2 is 2.00 bits per heavy atom. The summed E-state index contributed by atoms with van der Waals surface area (Å²) in [6.45, 7) is 5.06. The zero-order valence-electron chi connectivity index (χ0n) is 12.7. The highest BCUT2D eigenvalue weighted by Gasteiger charge is 2.64.